The van der Waals surface area contributed by atoms with Gasteiger partial charge in [0.1, 0.15) is 0 Å². The lowest BCUT2D eigenvalue weighted by molar-refractivity contribution is 0.725. The van der Waals surface area contributed by atoms with Gasteiger partial charge in [-0.15, -0.1) is 0 Å². The summed E-state index contributed by atoms with van der Waals surface area (Å²) in [6.45, 7) is 0. The Morgan fingerprint density at radius 1 is 0.415 bits per heavy atom. The molecule has 0 saturated carbocycles. The molecule has 0 radical (unpaired) electrons. The predicted octanol–water partition coefficient (Wildman–Crippen LogP) is 16.4. The summed E-state index contributed by atoms with van der Waals surface area (Å²) in [5.41, 5.74) is 24.8. The lowest BCUT2D eigenvalue weighted by atomic mass is 9.70. The Labute approximate surface area is 382 Å². The number of aryl methyl sites for hydroxylation is 1. The van der Waals surface area contributed by atoms with Crippen LogP contribution in [-0.4, -0.2) is 0 Å². The Morgan fingerprint density at radius 2 is 0.985 bits per heavy atom. The van der Waals surface area contributed by atoms with E-state index >= 15 is 0 Å². The summed E-state index contributed by atoms with van der Waals surface area (Å²) in [6, 6.07) is 81.8. The second-order valence-corrected chi connectivity index (χ2v) is 18.2. The predicted molar refractivity (Wildman–Crippen MR) is 270 cm³/mol. The van der Waals surface area contributed by atoms with E-state index in [0.29, 0.717) is 11.8 Å². The molecule has 1 heteroatoms. The standard InChI is InChI=1S/C64H47N/c1-3-15-46(16-4-1)52-39-35-47-31-32-48(41-58(47)54-20-8-7-19-53(52)54)45-29-27-43(28-30-45)44-33-36-50(37-34-44)65(49-17-5-2-6-18-49)51-38-40-63-59(42-51)57-23-11-14-26-62(57)64(63)60-24-12-9-21-55(60)56-22-10-13-25-61(56)64/h1-29,31-34,36-38,40-42,45,52H,30,35,39H2. The highest BCUT2D eigenvalue weighted by Crippen LogP contribution is 2.63. The molecule has 308 valence electrons. The third-order valence-corrected chi connectivity index (χ3v) is 14.9. The summed E-state index contributed by atoms with van der Waals surface area (Å²) >= 11 is 0. The molecule has 9 aromatic carbocycles. The smallest absolute Gasteiger partial charge is 0.0725 e. The molecule has 0 fully saturated rings. The van der Waals surface area contributed by atoms with Gasteiger partial charge in [0.15, 0.2) is 0 Å². The van der Waals surface area contributed by atoms with Crippen molar-refractivity contribution >= 4 is 22.6 Å². The van der Waals surface area contributed by atoms with Crippen LogP contribution in [0.15, 0.2) is 237 Å². The summed E-state index contributed by atoms with van der Waals surface area (Å²) < 4.78 is 0. The van der Waals surface area contributed by atoms with Crippen LogP contribution in [0.25, 0.3) is 39.0 Å². The fourth-order valence-corrected chi connectivity index (χ4v) is 12.0. The highest BCUT2D eigenvalue weighted by molar-refractivity contribution is 5.96. The molecular weight excluding hydrogens is 783 g/mol. The third-order valence-electron chi connectivity index (χ3n) is 14.9. The number of nitrogens with zero attached hydrogens (tertiary/aromatic N) is 1. The van der Waals surface area contributed by atoms with Crippen LogP contribution in [0.5, 0.6) is 0 Å². The minimum absolute atomic E-state index is 0.340. The first kappa shape index (κ1) is 37.8. The van der Waals surface area contributed by atoms with E-state index in [1.807, 2.05) is 0 Å². The summed E-state index contributed by atoms with van der Waals surface area (Å²) in [4.78, 5) is 2.41. The van der Waals surface area contributed by atoms with Crippen molar-refractivity contribution in [1.82, 2.24) is 0 Å². The maximum atomic E-state index is 2.49. The van der Waals surface area contributed by atoms with Gasteiger partial charge in [0.2, 0.25) is 0 Å². The second kappa shape index (κ2) is 15.2. The van der Waals surface area contributed by atoms with E-state index in [9.17, 15) is 0 Å². The van der Waals surface area contributed by atoms with Crippen molar-refractivity contribution in [1.29, 1.82) is 0 Å². The van der Waals surface area contributed by atoms with Crippen molar-refractivity contribution in [2.45, 2.75) is 36.5 Å². The van der Waals surface area contributed by atoms with Crippen molar-refractivity contribution < 1.29 is 0 Å². The van der Waals surface area contributed by atoms with E-state index in [-0.39, 0.29) is 5.41 Å². The normalized spacial score (nSPS) is 16.9. The van der Waals surface area contributed by atoms with Gasteiger partial charge in [-0.1, -0.05) is 200 Å². The number of hydrogen-bond acceptors (Lipinski definition) is 1. The highest BCUT2D eigenvalue weighted by Gasteiger charge is 2.51. The van der Waals surface area contributed by atoms with Gasteiger partial charge in [0.25, 0.3) is 0 Å². The average molecular weight is 830 g/mol. The molecule has 2 atom stereocenters. The van der Waals surface area contributed by atoms with Crippen molar-refractivity contribution in [2.75, 3.05) is 4.90 Å². The first-order chi connectivity index (χ1) is 32.2. The summed E-state index contributed by atoms with van der Waals surface area (Å²) in [6.07, 6.45) is 10.4. The summed E-state index contributed by atoms with van der Waals surface area (Å²) in [7, 11) is 0. The molecule has 0 bridgehead atoms. The first-order valence-electron chi connectivity index (χ1n) is 23.3. The van der Waals surface area contributed by atoms with Crippen molar-refractivity contribution in [3.05, 3.63) is 287 Å². The molecule has 0 amide bonds. The Kier molecular flexibility index (Phi) is 8.84. The molecule has 0 saturated heterocycles. The van der Waals surface area contributed by atoms with E-state index in [2.05, 4.69) is 242 Å². The molecule has 1 spiro atoms. The topological polar surface area (TPSA) is 3.24 Å². The van der Waals surface area contributed by atoms with Crippen LogP contribution >= 0.6 is 0 Å². The summed E-state index contributed by atoms with van der Waals surface area (Å²) in [5.74, 6) is 0.745. The molecule has 4 aliphatic rings. The zero-order chi connectivity index (χ0) is 42.9. The molecule has 0 heterocycles. The third kappa shape index (κ3) is 5.92. The molecular formula is C64H47N. The number of rotatable bonds is 6. The Morgan fingerprint density at radius 3 is 1.66 bits per heavy atom. The number of benzene rings is 9. The fraction of sp³-hybridized carbons (Fsp3) is 0.0938. The molecule has 13 rings (SSSR count). The second-order valence-electron chi connectivity index (χ2n) is 18.2. The Bertz CT molecular complexity index is 3310. The lowest BCUT2D eigenvalue weighted by Gasteiger charge is -2.31. The van der Waals surface area contributed by atoms with Crippen LogP contribution in [0.4, 0.5) is 17.1 Å². The maximum Gasteiger partial charge on any atom is 0.0725 e. The number of hydrogen-bond donors (Lipinski definition) is 0. The average Bonchev–Trinajstić information content (AvgIpc) is 3.77. The van der Waals surface area contributed by atoms with Crippen LogP contribution in [0, 0.1) is 0 Å². The molecule has 0 aliphatic heterocycles. The van der Waals surface area contributed by atoms with Gasteiger partial charge in [0.05, 0.1) is 5.41 Å². The van der Waals surface area contributed by atoms with Crippen LogP contribution < -0.4 is 4.90 Å². The molecule has 65 heavy (non-hydrogen) atoms. The van der Waals surface area contributed by atoms with Crippen molar-refractivity contribution in [3.63, 3.8) is 0 Å². The Balaban J connectivity index is 0.815. The van der Waals surface area contributed by atoms with Gasteiger partial charge in [-0.3, -0.25) is 0 Å². The molecule has 0 N–H and O–H groups in total. The van der Waals surface area contributed by atoms with E-state index < -0.39 is 0 Å². The SMILES string of the molecule is C1=CC(c2ccc3c(c2)-c2ccccc2C(c2ccccc2)CC3)CC=C1c1ccc(N(c2ccccc2)c2ccc3c(c2)-c2ccccc2C32c3ccccc3-c3ccccc32)cc1. The van der Waals surface area contributed by atoms with Gasteiger partial charge in [0, 0.05) is 28.9 Å². The van der Waals surface area contributed by atoms with E-state index in [1.165, 1.54) is 89.0 Å². The number of anilines is 3. The zero-order valence-corrected chi connectivity index (χ0v) is 36.2. The van der Waals surface area contributed by atoms with E-state index in [1.54, 1.807) is 0 Å². The molecule has 0 aromatic heterocycles. The Hall–Kier alpha value is -7.74. The van der Waals surface area contributed by atoms with Gasteiger partial charge >= 0.3 is 0 Å². The number of para-hydroxylation sites is 1. The lowest BCUT2D eigenvalue weighted by Crippen LogP contribution is -2.25. The van der Waals surface area contributed by atoms with Gasteiger partial charge < -0.3 is 4.90 Å². The zero-order valence-electron chi connectivity index (χ0n) is 36.2. The van der Waals surface area contributed by atoms with Gasteiger partial charge in [-0.2, -0.15) is 0 Å². The molecule has 2 unspecified atom stereocenters. The molecule has 9 aromatic rings. The minimum Gasteiger partial charge on any atom is -0.310 e. The van der Waals surface area contributed by atoms with Gasteiger partial charge in [-0.05, 0) is 145 Å². The van der Waals surface area contributed by atoms with Crippen LogP contribution in [-0.2, 0) is 11.8 Å². The summed E-state index contributed by atoms with van der Waals surface area (Å²) in [5, 5.41) is 0. The monoisotopic (exact) mass is 829 g/mol. The molecule has 1 nitrogen and oxygen atoms in total. The van der Waals surface area contributed by atoms with Crippen LogP contribution in [0.1, 0.15) is 74.7 Å². The minimum atomic E-state index is -0.353. The van der Waals surface area contributed by atoms with E-state index in [4.69, 9.17) is 0 Å². The first-order valence-corrected chi connectivity index (χ1v) is 23.3. The quantitative estimate of drug-likeness (QED) is 0.161. The van der Waals surface area contributed by atoms with Crippen molar-refractivity contribution in [3.8, 4) is 33.4 Å². The van der Waals surface area contributed by atoms with Crippen LogP contribution in [0.2, 0.25) is 0 Å². The van der Waals surface area contributed by atoms with E-state index in [0.717, 1.165) is 36.3 Å². The van der Waals surface area contributed by atoms with Crippen LogP contribution in [0.3, 0.4) is 0 Å². The van der Waals surface area contributed by atoms with Gasteiger partial charge in [-0.25, -0.2) is 0 Å². The largest absolute Gasteiger partial charge is 0.310 e. The number of fused-ring (bicyclic) bond motifs is 13. The fourth-order valence-electron chi connectivity index (χ4n) is 12.0. The van der Waals surface area contributed by atoms with Crippen molar-refractivity contribution in [2.24, 2.45) is 0 Å². The number of allylic oxidation sites excluding steroid dienone is 4. The highest BCUT2D eigenvalue weighted by atomic mass is 15.1. The molecule has 4 aliphatic carbocycles. The maximum absolute atomic E-state index is 2.49.